The third-order valence-corrected chi connectivity index (χ3v) is 3.26. The molecule has 0 fully saturated rings. The van der Waals surface area contributed by atoms with Crippen LogP contribution in [-0.2, 0) is 6.42 Å². The van der Waals surface area contributed by atoms with E-state index in [9.17, 15) is 4.39 Å². The van der Waals surface area contributed by atoms with Crippen LogP contribution < -0.4 is 0 Å². The highest BCUT2D eigenvalue weighted by atomic mass is 35.5. The predicted molar refractivity (Wildman–Crippen MR) is 69.1 cm³/mol. The highest BCUT2D eigenvalue weighted by molar-refractivity contribution is 6.17. The smallest absolute Gasteiger partial charge is 0.125 e. The summed E-state index contributed by atoms with van der Waals surface area (Å²) in [6, 6.07) is 5.02. The van der Waals surface area contributed by atoms with Gasteiger partial charge >= 0.3 is 0 Å². The maximum atomic E-state index is 13.3. The number of nitrogens with zero attached hydrogens (tertiary/aromatic N) is 2. The van der Waals surface area contributed by atoms with Gasteiger partial charge in [-0.25, -0.2) is 9.37 Å². The molecule has 0 N–H and O–H groups in total. The van der Waals surface area contributed by atoms with Gasteiger partial charge in [-0.1, -0.05) is 6.92 Å². The maximum absolute atomic E-state index is 13.3. The van der Waals surface area contributed by atoms with Crippen molar-refractivity contribution < 1.29 is 4.39 Å². The topological polar surface area (TPSA) is 17.8 Å². The minimum Gasteiger partial charge on any atom is -0.325 e. The average Bonchev–Trinajstić information content (AvgIpc) is 2.66. The van der Waals surface area contributed by atoms with Gasteiger partial charge in [-0.2, -0.15) is 0 Å². The fraction of sp³-hybridized carbons (Fsp3) is 0.462. The maximum Gasteiger partial charge on any atom is 0.125 e. The molecule has 0 saturated heterocycles. The summed E-state index contributed by atoms with van der Waals surface area (Å²) in [6.07, 6.45) is 1.69. The van der Waals surface area contributed by atoms with Crippen molar-refractivity contribution in [2.45, 2.75) is 32.7 Å². The molecule has 17 heavy (non-hydrogen) atoms. The van der Waals surface area contributed by atoms with Crippen molar-refractivity contribution in [1.82, 2.24) is 9.55 Å². The minimum absolute atomic E-state index is 0.223. The third-order valence-electron chi connectivity index (χ3n) is 3.07. The normalized spacial score (nSPS) is 13.2. The van der Waals surface area contributed by atoms with Gasteiger partial charge in [0.05, 0.1) is 11.0 Å². The predicted octanol–water partition coefficient (Wildman–Crippen LogP) is 3.93. The molecule has 1 aromatic carbocycles. The first-order valence-corrected chi connectivity index (χ1v) is 6.43. The molecule has 0 aliphatic rings. The Balaban J connectivity index is 2.64. The molecule has 1 aromatic heterocycles. The average molecular weight is 255 g/mol. The molecule has 2 rings (SSSR count). The number of hydrogen-bond donors (Lipinski definition) is 0. The van der Waals surface area contributed by atoms with Crippen LogP contribution in [0.15, 0.2) is 18.2 Å². The molecule has 0 aliphatic carbocycles. The van der Waals surface area contributed by atoms with Gasteiger partial charge in [0, 0.05) is 18.3 Å². The van der Waals surface area contributed by atoms with E-state index in [0.29, 0.717) is 18.3 Å². The number of benzene rings is 1. The summed E-state index contributed by atoms with van der Waals surface area (Å²) in [5.41, 5.74) is 1.70. The van der Waals surface area contributed by atoms with Gasteiger partial charge in [0.2, 0.25) is 0 Å². The molecule has 2 aromatic rings. The highest BCUT2D eigenvalue weighted by Crippen LogP contribution is 2.24. The minimum atomic E-state index is -0.223. The number of rotatable bonds is 4. The van der Waals surface area contributed by atoms with Crippen molar-refractivity contribution in [3.8, 4) is 0 Å². The monoisotopic (exact) mass is 254 g/mol. The van der Waals surface area contributed by atoms with E-state index in [1.54, 1.807) is 12.1 Å². The van der Waals surface area contributed by atoms with Gasteiger partial charge in [0.25, 0.3) is 0 Å². The zero-order valence-electron chi connectivity index (χ0n) is 10.1. The van der Waals surface area contributed by atoms with Crippen molar-refractivity contribution >= 4 is 22.6 Å². The van der Waals surface area contributed by atoms with Gasteiger partial charge in [0.1, 0.15) is 11.6 Å². The Morgan fingerprint density at radius 3 is 2.88 bits per heavy atom. The lowest BCUT2D eigenvalue weighted by atomic mass is 10.2. The second-order valence-corrected chi connectivity index (χ2v) is 4.61. The molecule has 0 spiro atoms. The molecule has 0 bridgehead atoms. The highest BCUT2D eigenvalue weighted by Gasteiger charge is 2.14. The van der Waals surface area contributed by atoms with Crippen LogP contribution in [0.4, 0.5) is 4.39 Å². The van der Waals surface area contributed by atoms with Crippen LogP contribution in [0.2, 0.25) is 0 Å². The summed E-state index contributed by atoms with van der Waals surface area (Å²) < 4.78 is 15.4. The molecule has 1 unspecified atom stereocenters. The molecular weight excluding hydrogens is 239 g/mol. The number of imidazole rings is 1. The fourth-order valence-corrected chi connectivity index (χ4v) is 2.22. The third kappa shape index (κ3) is 2.29. The zero-order chi connectivity index (χ0) is 12.4. The summed E-state index contributed by atoms with van der Waals surface area (Å²) in [5.74, 6) is 1.25. The van der Waals surface area contributed by atoms with Crippen LogP contribution in [-0.4, -0.2) is 15.4 Å². The summed E-state index contributed by atoms with van der Waals surface area (Å²) in [4.78, 5) is 4.52. The molecular formula is C13H16ClFN2. The lowest BCUT2D eigenvalue weighted by molar-refractivity contribution is 0.523. The largest absolute Gasteiger partial charge is 0.325 e. The first-order chi connectivity index (χ1) is 8.17. The Morgan fingerprint density at radius 2 is 2.24 bits per heavy atom. The van der Waals surface area contributed by atoms with Gasteiger partial charge in [0.15, 0.2) is 0 Å². The summed E-state index contributed by atoms with van der Waals surface area (Å²) >= 11 is 5.79. The fourth-order valence-electron chi connectivity index (χ4n) is 2.05. The molecule has 4 heteroatoms. The number of fused-ring (bicyclic) bond motifs is 1. The lowest BCUT2D eigenvalue weighted by Gasteiger charge is -2.15. The van der Waals surface area contributed by atoms with E-state index in [4.69, 9.17) is 11.6 Å². The van der Waals surface area contributed by atoms with Gasteiger partial charge < -0.3 is 4.57 Å². The zero-order valence-corrected chi connectivity index (χ0v) is 10.8. The number of alkyl halides is 1. The van der Waals surface area contributed by atoms with E-state index in [1.807, 2.05) is 0 Å². The Bertz CT molecular complexity index is 521. The Morgan fingerprint density at radius 1 is 1.47 bits per heavy atom. The summed E-state index contributed by atoms with van der Waals surface area (Å²) in [6.45, 7) is 4.23. The standard InChI is InChI=1S/C13H16ClFN2/c1-3-9(2)17-12-8-10(15)4-5-11(12)16-13(17)6-7-14/h4-5,8-9H,3,6-7H2,1-2H3. The quantitative estimate of drug-likeness (QED) is 0.756. The number of aromatic nitrogens is 2. The van der Waals surface area contributed by atoms with Gasteiger partial charge in [-0.15, -0.1) is 11.6 Å². The molecule has 92 valence electrons. The van der Waals surface area contributed by atoms with E-state index >= 15 is 0 Å². The van der Waals surface area contributed by atoms with Crippen molar-refractivity contribution in [3.05, 3.63) is 29.8 Å². The van der Waals surface area contributed by atoms with Gasteiger partial charge in [-0.3, -0.25) is 0 Å². The molecule has 0 aliphatic heterocycles. The van der Waals surface area contributed by atoms with Crippen LogP contribution in [0, 0.1) is 5.82 Å². The summed E-state index contributed by atoms with van der Waals surface area (Å²) in [7, 11) is 0. The number of aryl methyl sites for hydroxylation is 1. The van der Waals surface area contributed by atoms with Crippen molar-refractivity contribution in [2.24, 2.45) is 0 Å². The number of halogens is 2. The van der Waals surface area contributed by atoms with Crippen LogP contribution in [0.1, 0.15) is 32.1 Å². The molecule has 2 nitrogen and oxygen atoms in total. The summed E-state index contributed by atoms with van der Waals surface area (Å²) in [5, 5.41) is 0. The molecule has 0 radical (unpaired) electrons. The van der Waals surface area contributed by atoms with Crippen LogP contribution in [0.25, 0.3) is 11.0 Å². The van der Waals surface area contributed by atoms with Crippen molar-refractivity contribution in [1.29, 1.82) is 0 Å². The SMILES string of the molecule is CCC(C)n1c(CCCl)nc2ccc(F)cc21. The Kier molecular flexibility index (Phi) is 3.67. The van der Waals surface area contributed by atoms with Crippen LogP contribution in [0.3, 0.4) is 0 Å². The first kappa shape index (κ1) is 12.4. The second-order valence-electron chi connectivity index (χ2n) is 4.23. The van der Waals surface area contributed by atoms with Crippen molar-refractivity contribution in [3.63, 3.8) is 0 Å². The Hall–Kier alpha value is -1.09. The second kappa shape index (κ2) is 5.05. The molecule has 1 heterocycles. The molecule has 0 amide bonds. The van der Waals surface area contributed by atoms with Gasteiger partial charge in [-0.05, 0) is 31.5 Å². The van der Waals surface area contributed by atoms with Crippen LogP contribution >= 0.6 is 11.6 Å². The first-order valence-electron chi connectivity index (χ1n) is 5.89. The Labute approximate surface area is 105 Å². The van der Waals surface area contributed by atoms with E-state index in [1.165, 1.54) is 6.07 Å². The van der Waals surface area contributed by atoms with Crippen LogP contribution in [0.5, 0.6) is 0 Å². The lowest BCUT2D eigenvalue weighted by Crippen LogP contribution is -2.09. The van der Waals surface area contributed by atoms with Crippen molar-refractivity contribution in [2.75, 3.05) is 5.88 Å². The van der Waals surface area contributed by atoms with E-state index < -0.39 is 0 Å². The molecule has 1 atom stereocenters. The van der Waals surface area contributed by atoms with E-state index in [0.717, 1.165) is 23.3 Å². The number of hydrogen-bond acceptors (Lipinski definition) is 1. The van der Waals surface area contributed by atoms with E-state index in [2.05, 4.69) is 23.4 Å². The van der Waals surface area contributed by atoms with E-state index in [-0.39, 0.29) is 5.82 Å². The molecule has 0 saturated carbocycles.